The molecule has 0 bridgehead atoms. The van der Waals surface area contributed by atoms with Crippen molar-refractivity contribution in [3.05, 3.63) is 5.82 Å². The molecule has 18 heavy (non-hydrogen) atoms. The first-order valence-corrected chi connectivity index (χ1v) is 6.97. The van der Waals surface area contributed by atoms with Gasteiger partial charge in [0, 0.05) is 16.9 Å². The van der Waals surface area contributed by atoms with Crippen LogP contribution >= 0.6 is 11.5 Å². The minimum Gasteiger partial charge on any atom is -0.480 e. The predicted molar refractivity (Wildman–Crippen MR) is 71.1 cm³/mol. The van der Waals surface area contributed by atoms with Gasteiger partial charge in [-0.1, -0.05) is 33.6 Å². The fourth-order valence-corrected chi connectivity index (χ4v) is 3.01. The molecule has 0 atom stereocenters. The summed E-state index contributed by atoms with van der Waals surface area (Å²) < 4.78 is 4.30. The maximum atomic E-state index is 11.4. The third-order valence-electron chi connectivity index (χ3n) is 3.31. The van der Waals surface area contributed by atoms with Crippen molar-refractivity contribution in [2.24, 2.45) is 0 Å². The van der Waals surface area contributed by atoms with Crippen LogP contribution in [0.3, 0.4) is 0 Å². The molecule has 100 valence electrons. The van der Waals surface area contributed by atoms with Gasteiger partial charge in [0.15, 0.2) is 0 Å². The van der Waals surface area contributed by atoms with Crippen molar-refractivity contribution in [2.75, 3.05) is 5.32 Å². The lowest BCUT2D eigenvalue weighted by Gasteiger charge is -2.24. The van der Waals surface area contributed by atoms with Crippen molar-refractivity contribution in [1.29, 1.82) is 0 Å². The minimum absolute atomic E-state index is 0.109. The summed E-state index contributed by atoms with van der Waals surface area (Å²) in [5.41, 5.74) is -0.947. The zero-order valence-electron chi connectivity index (χ0n) is 11.0. The van der Waals surface area contributed by atoms with Gasteiger partial charge in [0.1, 0.15) is 11.4 Å². The molecule has 1 aliphatic rings. The number of nitrogens with zero attached hydrogens (tertiary/aromatic N) is 2. The molecule has 6 heteroatoms. The van der Waals surface area contributed by atoms with Crippen LogP contribution in [0.1, 0.15) is 52.3 Å². The first-order valence-electron chi connectivity index (χ1n) is 6.19. The monoisotopic (exact) mass is 269 g/mol. The quantitative estimate of drug-likeness (QED) is 0.882. The van der Waals surface area contributed by atoms with Crippen LogP contribution < -0.4 is 5.32 Å². The molecule has 0 spiro atoms. The zero-order valence-corrected chi connectivity index (χ0v) is 11.8. The summed E-state index contributed by atoms with van der Waals surface area (Å²) >= 11 is 1.24. The fourth-order valence-electron chi connectivity index (χ4n) is 2.15. The average Bonchev–Trinajstić information content (AvgIpc) is 2.86. The van der Waals surface area contributed by atoms with Crippen molar-refractivity contribution in [3.63, 3.8) is 0 Å². The molecule has 0 saturated heterocycles. The summed E-state index contributed by atoms with van der Waals surface area (Å²) in [6.07, 6.45) is 3.22. The third-order valence-corrected chi connectivity index (χ3v) is 3.94. The van der Waals surface area contributed by atoms with Crippen LogP contribution in [0.15, 0.2) is 0 Å². The van der Waals surface area contributed by atoms with Crippen LogP contribution in [0.5, 0.6) is 0 Å². The van der Waals surface area contributed by atoms with E-state index in [-0.39, 0.29) is 5.41 Å². The largest absolute Gasteiger partial charge is 0.480 e. The molecule has 5 nitrogen and oxygen atoms in total. The van der Waals surface area contributed by atoms with E-state index in [1.54, 1.807) is 0 Å². The molecule has 1 heterocycles. The number of aliphatic carboxylic acids is 1. The van der Waals surface area contributed by atoms with Gasteiger partial charge in [-0.05, 0) is 12.8 Å². The van der Waals surface area contributed by atoms with Crippen molar-refractivity contribution >= 4 is 22.6 Å². The molecule has 0 aliphatic heterocycles. The normalized spacial score (nSPS) is 18.8. The van der Waals surface area contributed by atoms with Crippen molar-refractivity contribution in [1.82, 2.24) is 9.36 Å². The van der Waals surface area contributed by atoms with Crippen molar-refractivity contribution in [2.45, 2.75) is 57.4 Å². The second kappa shape index (κ2) is 4.50. The number of nitrogens with one attached hydrogen (secondary N) is 1. The average molecular weight is 269 g/mol. The molecule has 1 saturated carbocycles. The van der Waals surface area contributed by atoms with E-state index in [0.29, 0.717) is 18.0 Å². The molecule has 0 amide bonds. The van der Waals surface area contributed by atoms with Gasteiger partial charge in [-0.15, -0.1) is 0 Å². The van der Waals surface area contributed by atoms with Crippen molar-refractivity contribution in [3.8, 4) is 0 Å². The smallest absolute Gasteiger partial charge is 0.329 e. The van der Waals surface area contributed by atoms with Crippen LogP contribution in [0.4, 0.5) is 5.13 Å². The van der Waals surface area contributed by atoms with Gasteiger partial charge >= 0.3 is 5.97 Å². The Bertz CT molecular complexity index is 444. The lowest BCUT2D eigenvalue weighted by atomic mass is 9.96. The number of hydrogen-bond donors (Lipinski definition) is 2. The molecular formula is C12H19N3O2S. The Hall–Kier alpha value is -1.17. The summed E-state index contributed by atoms with van der Waals surface area (Å²) in [5, 5.41) is 13.1. The number of carbonyl (C=O) groups is 1. The van der Waals surface area contributed by atoms with Gasteiger partial charge in [0.05, 0.1) is 0 Å². The molecule has 2 N–H and O–H groups in total. The van der Waals surface area contributed by atoms with E-state index in [2.05, 4.69) is 14.7 Å². The summed E-state index contributed by atoms with van der Waals surface area (Å²) in [4.78, 5) is 15.8. The topological polar surface area (TPSA) is 75.1 Å². The first-order chi connectivity index (χ1) is 8.33. The summed E-state index contributed by atoms with van der Waals surface area (Å²) in [6.45, 7) is 6.13. The van der Waals surface area contributed by atoms with E-state index in [0.717, 1.165) is 18.7 Å². The standard InChI is InChI=1S/C12H19N3O2S/c1-11(2,3)8-13-10(18-15-8)14-12(9(16)17)6-4-5-7-12/h4-7H2,1-3H3,(H,16,17)(H,13,14,15). The van der Waals surface area contributed by atoms with Crippen LogP contribution in [0, 0.1) is 0 Å². The SMILES string of the molecule is CC(C)(C)c1nsc(NC2(C(=O)O)CCCC2)n1. The first kappa shape index (κ1) is 13.3. The molecule has 0 aromatic carbocycles. The lowest BCUT2D eigenvalue weighted by molar-refractivity contribution is -0.142. The number of carboxylic acid groups (broad SMARTS) is 1. The number of hydrogen-bond acceptors (Lipinski definition) is 5. The number of aromatic nitrogens is 2. The van der Waals surface area contributed by atoms with E-state index in [1.165, 1.54) is 11.5 Å². The molecule has 1 fully saturated rings. The van der Waals surface area contributed by atoms with Crippen molar-refractivity contribution < 1.29 is 9.90 Å². The Labute approximate surface area is 111 Å². The van der Waals surface area contributed by atoms with Gasteiger partial charge in [-0.2, -0.15) is 4.37 Å². The van der Waals surface area contributed by atoms with E-state index in [9.17, 15) is 9.90 Å². The second-order valence-corrected chi connectivity index (χ2v) is 6.64. The highest BCUT2D eigenvalue weighted by molar-refractivity contribution is 7.09. The molecule has 2 rings (SSSR count). The third kappa shape index (κ3) is 2.48. The Kier molecular flexibility index (Phi) is 3.31. The maximum Gasteiger partial charge on any atom is 0.329 e. The highest BCUT2D eigenvalue weighted by Crippen LogP contribution is 2.34. The summed E-state index contributed by atoms with van der Waals surface area (Å²) in [7, 11) is 0. The predicted octanol–water partition coefficient (Wildman–Crippen LogP) is 2.64. The van der Waals surface area contributed by atoms with Gasteiger partial charge in [0.2, 0.25) is 5.13 Å². The van der Waals surface area contributed by atoms with Gasteiger partial charge in [-0.25, -0.2) is 9.78 Å². The molecule has 0 unspecified atom stereocenters. The molecular weight excluding hydrogens is 250 g/mol. The second-order valence-electron chi connectivity index (χ2n) is 5.89. The molecule has 0 radical (unpaired) electrons. The fraction of sp³-hybridized carbons (Fsp3) is 0.750. The highest BCUT2D eigenvalue weighted by Gasteiger charge is 2.42. The Morgan fingerprint density at radius 2 is 2.00 bits per heavy atom. The number of rotatable bonds is 3. The number of carboxylic acids is 1. The summed E-state index contributed by atoms with van der Waals surface area (Å²) in [6, 6.07) is 0. The minimum atomic E-state index is -0.839. The summed E-state index contributed by atoms with van der Waals surface area (Å²) in [5.74, 6) is -0.0268. The van der Waals surface area contributed by atoms with Gasteiger partial charge in [0.25, 0.3) is 0 Å². The zero-order chi connectivity index (χ0) is 13.4. The number of anilines is 1. The Morgan fingerprint density at radius 3 is 2.44 bits per heavy atom. The maximum absolute atomic E-state index is 11.4. The highest BCUT2D eigenvalue weighted by atomic mass is 32.1. The van der Waals surface area contributed by atoms with E-state index < -0.39 is 11.5 Å². The van der Waals surface area contributed by atoms with Crippen LogP contribution in [0.2, 0.25) is 0 Å². The van der Waals surface area contributed by atoms with Gasteiger partial charge < -0.3 is 10.4 Å². The van der Waals surface area contributed by atoms with E-state index in [4.69, 9.17) is 0 Å². The van der Waals surface area contributed by atoms with Crippen LogP contribution in [0.25, 0.3) is 0 Å². The van der Waals surface area contributed by atoms with Gasteiger partial charge in [-0.3, -0.25) is 0 Å². The van der Waals surface area contributed by atoms with Crippen LogP contribution in [-0.2, 0) is 10.2 Å². The van der Waals surface area contributed by atoms with Crippen LogP contribution in [-0.4, -0.2) is 26.0 Å². The molecule has 1 aromatic heterocycles. The van der Waals surface area contributed by atoms with E-state index in [1.807, 2.05) is 20.8 Å². The Morgan fingerprint density at radius 1 is 1.39 bits per heavy atom. The molecule has 1 aromatic rings. The van der Waals surface area contributed by atoms with E-state index >= 15 is 0 Å². The lowest BCUT2D eigenvalue weighted by Crippen LogP contribution is -2.43. The molecule has 1 aliphatic carbocycles. The Balaban J connectivity index is 2.18.